The van der Waals surface area contributed by atoms with Crippen LogP contribution in [0, 0.1) is 16.0 Å². The fourth-order valence-electron chi connectivity index (χ4n) is 3.47. The molecule has 0 radical (unpaired) electrons. The van der Waals surface area contributed by atoms with E-state index < -0.39 is 4.92 Å². The van der Waals surface area contributed by atoms with Crippen molar-refractivity contribution in [3.63, 3.8) is 0 Å². The van der Waals surface area contributed by atoms with Crippen LogP contribution < -0.4 is 5.32 Å². The van der Waals surface area contributed by atoms with E-state index >= 15 is 0 Å². The van der Waals surface area contributed by atoms with Crippen LogP contribution in [0.3, 0.4) is 0 Å². The van der Waals surface area contributed by atoms with Gasteiger partial charge in [0, 0.05) is 47.4 Å². The van der Waals surface area contributed by atoms with E-state index in [4.69, 9.17) is 0 Å². The van der Waals surface area contributed by atoms with E-state index in [0.717, 1.165) is 30.4 Å². The van der Waals surface area contributed by atoms with Gasteiger partial charge in [-0.15, -0.1) is 5.10 Å². The van der Waals surface area contributed by atoms with Crippen molar-refractivity contribution in [3.8, 4) is 11.4 Å². The average molecular weight is 486 g/mol. The molecule has 31 heavy (non-hydrogen) atoms. The second-order valence-electron chi connectivity index (χ2n) is 7.30. The average Bonchev–Trinajstić information content (AvgIpc) is 3.24. The molecule has 0 aliphatic carbocycles. The molecule has 1 fully saturated rings. The van der Waals surface area contributed by atoms with E-state index in [2.05, 4.69) is 41.2 Å². The maximum Gasteiger partial charge on any atom is 0.270 e. The van der Waals surface area contributed by atoms with Crippen molar-refractivity contribution >= 4 is 33.3 Å². The molecule has 1 aliphatic heterocycles. The van der Waals surface area contributed by atoms with Gasteiger partial charge in [-0.25, -0.2) is 14.6 Å². The maximum absolute atomic E-state index is 12.5. The topological polar surface area (TPSA) is 119 Å². The van der Waals surface area contributed by atoms with Crippen molar-refractivity contribution in [2.45, 2.75) is 19.5 Å². The molecule has 11 heteroatoms. The number of piperidine rings is 1. The number of aromatic nitrogens is 4. The minimum absolute atomic E-state index is 0.00698. The zero-order chi connectivity index (χ0) is 21.8. The van der Waals surface area contributed by atoms with E-state index in [1.807, 2.05) is 6.07 Å². The van der Waals surface area contributed by atoms with Gasteiger partial charge in [-0.3, -0.25) is 19.8 Å². The number of halogens is 1. The number of nitro benzene ring substituents is 1. The van der Waals surface area contributed by atoms with Crippen LogP contribution in [0.1, 0.15) is 12.8 Å². The molecule has 1 N–H and O–H groups in total. The highest BCUT2D eigenvalue weighted by Crippen LogP contribution is 2.22. The van der Waals surface area contributed by atoms with Crippen molar-refractivity contribution in [2.75, 3.05) is 18.4 Å². The minimum Gasteiger partial charge on any atom is -0.310 e. The van der Waals surface area contributed by atoms with Gasteiger partial charge in [0.2, 0.25) is 5.91 Å². The van der Waals surface area contributed by atoms with Gasteiger partial charge in [0.25, 0.3) is 5.69 Å². The first-order valence-corrected chi connectivity index (χ1v) is 10.6. The van der Waals surface area contributed by atoms with Gasteiger partial charge in [-0.2, -0.15) is 0 Å². The molecule has 1 aromatic carbocycles. The Kier molecular flexibility index (Phi) is 6.33. The third kappa shape index (κ3) is 5.30. The highest BCUT2D eigenvalue weighted by Gasteiger charge is 2.25. The van der Waals surface area contributed by atoms with E-state index in [1.165, 1.54) is 12.1 Å². The summed E-state index contributed by atoms with van der Waals surface area (Å²) < 4.78 is 2.57. The first kappa shape index (κ1) is 21.1. The number of nitrogens with one attached hydrogen (secondary N) is 1. The van der Waals surface area contributed by atoms with Crippen molar-refractivity contribution in [1.29, 1.82) is 0 Å². The molecule has 1 saturated heterocycles. The molecule has 160 valence electrons. The third-order valence-corrected chi connectivity index (χ3v) is 5.60. The van der Waals surface area contributed by atoms with E-state index in [0.29, 0.717) is 23.9 Å². The summed E-state index contributed by atoms with van der Waals surface area (Å²) in [5.74, 6) is 0.924. The molecule has 1 amide bonds. The first-order valence-electron chi connectivity index (χ1n) is 9.77. The lowest BCUT2D eigenvalue weighted by Gasteiger charge is -2.30. The molecule has 2 aromatic heterocycles. The van der Waals surface area contributed by atoms with Crippen molar-refractivity contribution in [3.05, 3.63) is 63.5 Å². The fraction of sp³-hybridized carbons (Fsp3) is 0.300. The smallest absolute Gasteiger partial charge is 0.270 e. The molecule has 3 aromatic rings. The predicted octanol–water partition coefficient (Wildman–Crippen LogP) is 3.32. The van der Waals surface area contributed by atoms with Crippen molar-refractivity contribution < 1.29 is 9.72 Å². The fourth-order valence-corrected chi connectivity index (χ4v) is 3.71. The van der Waals surface area contributed by atoms with Gasteiger partial charge >= 0.3 is 0 Å². The van der Waals surface area contributed by atoms with Gasteiger partial charge < -0.3 is 5.32 Å². The monoisotopic (exact) mass is 485 g/mol. The lowest BCUT2D eigenvalue weighted by Crippen LogP contribution is -2.39. The van der Waals surface area contributed by atoms with E-state index in [1.54, 1.807) is 35.4 Å². The number of rotatable bonds is 6. The number of benzene rings is 1. The van der Waals surface area contributed by atoms with Gasteiger partial charge in [0.15, 0.2) is 5.82 Å². The highest BCUT2D eigenvalue weighted by atomic mass is 79.9. The zero-order valence-corrected chi connectivity index (χ0v) is 18.1. The van der Waals surface area contributed by atoms with Crippen LogP contribution in [0.15, 0.2) is 53.4 Å². The number of hydrogen-bond donors (Lipinski definition) is 1. The summed E-state index contributed by atoms with van der Waals surface area (Å²) in [5.41, 5.74) is 0.609. The van der Waals surface area contributed by atoms with Crippen LogP contribution in [-0.4, -0.2) is 48.6 Å². The summed E-state index contributed by atoms with van der Waals surface area (Å²) in [6.07, 6.45) is 4.76. The summed E-state index contributed by atoms with van der Waals surface area (Å²) in [6, 6.07) is 9.87. The second kappa shape index (κ2) is 9.31. The van der Waals surface area contributed by atoms with Crippen LogP contribution in [0.25, 0.3) is 11.4 Å². The largest absolute Gasteiger partial charge is 0.310 e. The molecule has 0 atom stereocenters. The SMILES string of the molecule is O=C(Nc1ccc(Br)cn1)C1CCN(Cn2cnc(-c3cccc([N+](=O)[O-])c3)n2)CC1. The summed E-state index contributed by atoms with van der Waals surface area (Å²) in [7, 11) is 0. The van der Waals surface area contributed by atoms with Crippen molar-refractivity contribution in [1.82, 2.24) is 24.6 Å². The molecule has 10 nitrogen and oxygen atoms in total. The molecule has 4 rings (SSSR count). The standard InChI is InChI=1S/C20H20BrN7O3/c21-16-4-5-18(22-11-16)24-20(29)14-6-8-26(9-7-14)13-27-12-23-19(25-27)15-2-1-3-17(10-15)28(30)31/h1-5,10-12,14H,6-9,13H2,(H,22,24,29). The number of anilines is 1. The van der Waals surface area contributed by atoms with Crippen LogP contribution >= 0.6 is 15.9 Å². The van der Waals surface area contributed by atoms with Crippen LogP contribution in [0.5, 0.6) is 0 Å². The lowest BCUT2D eigenvalue weighted by atomic mass is 9.96. The van der Waals surface area contributed by atoms with Crippen LogP contribution in [0.2, 0.25) is 0 Å². The van der Waals surface area contributed by atoms with Crippen molar-refractivity contribution in [2.24, 2.45) is 5.92 Å². The van der Waals surface area contributed by atoms with E-state index in [9.17, 15) is 14.9 Å². The Hall–Kier alpha value is -3.18. The number of nitro groups is 1. The number of nitrogens with zero attached hydrogens (tertiary/aromatic N) is 6. The maximum atomic E-state index is 12.5. The highest BCUT2D eigenvalue weighted by molar-refractivity contribution is 9.10. The van der Waals surface area contributed by atoms with E-state index in [-0.39, 0.29) is 17.5 Å². The Morgan fingerprint density at radius 2 is 2.03 bits per heavy atom. The Morgan fingerprint density at radius 1 is 1.23 bits per heavy atom. The normalized spacial score (nSPS) is 15.0. The first-order chi connectivity index (χ1) is 15.0. The Bertz CT molecular complexity index is 1080. The van der Waals surface area contributed by atoms with Crippen LogP contribution in [0.4, 0.5) is 11.5 Å². The third-order valence-electron chi connectivity index (χ3n) is 5.13. The second-order valence-corrected chi connectivity index (χ2v) is 8.22. The molecule has 0 bridgehead atoms. The molecule has 0 spiro atoms. The molecule has 0 unspecified atom stereocenters. The molecular weight excluding hydrogens is 466 g/mol. The summed E-state index contributed by atoms with van der Waals surface area (Å²) in [5, 5.41) is 18.3. The minimum atomic E-state index is -0.437. The Labute approximate surface area is 186 Å². The predicted molar refractivity (Wildman–Crippen MR) is 117 cm³/mol. The number of amides is 1. The van der Waals surface area contributed by atoms with Crippen LogP contribution in [-0.2, 0) is 11.5 Å². The molecular formula is C20H20BrN7O3. The number of carbonyl (C=O) groups is 1. The molecule has 0 saturated carbocycles. The molecule has 3 heterocycles. The number of pyridine rings is 1. The van der Waals surface area contributed by atoms with Gasteiger partial charge in [0.1, 0.15) is 12.1 Å². The lowest BCUT2D eigenvalue weighted by molar-refractivity contribution is -0.384. The summed E-state index contributed by atoms with van der Waals surface area (Å²) >= 11 is 3.33. The number of hydrogen-bond acceptors (Lipinski definition) is 7. The summed E-state index contributed by atoms with van der Waals surface area (Å²) in [6.45, 7) is 2.07. The quantitative estimate of drug-likeness (QED) is 0.419. The Balaban J connectivity index is 1.30. The number of likely N-dealkylation sites (tertiary alicyclic amines) is 1. The van der Waals surface area contributed by atoms with Gasteiger partial charge in [0.05, 0.1) is 11.6 Å². The zero-order valence-electron chi connectivity index (χ0n) is 16.5. The number of carbonyl (C=O) groups excluding carboxylic acids is 1. The Morgan fingerprint density at radius 3 is 2.74 bits per heavy atom. The number of non-ortho nitro benzene ring substituents is 1. The summed E-state index contributed by atoms with van der Waals surface area (Å²) in [4.78, 5) is 33.7. The van der Waals surface area contributed by atoms with Gasteiger partial charge in [-0.1, -0.05) is 12.1 Å². The van der Waals surface area contributed by atoms with Gasteiger partial charge in [-0.05, 0) is 40.9 Å². The molecule has 1 aliphatic rings.